The molecule has 3 N–H and O–H groups in total. The second-order valence-corrected chi connectivity index (χ2v) is 6.19. The van der Waals surface area contributed by atoms with Crippen molar-refractivity contribution in [2.45, 2.75) is 24.8 Å². The summed E-state index contributed by atoms with van der Waals surface area (Å²) >= 11 is 3.46. The molecular formula is C14H22BrN3. The maximum atomic E-state index is 6.04. The van der Waals surface area contributed by atoms with E-state index in [2.05, 4.69) is 57.5 Å². The number of benzene rings is 1. The van der Waals surface area contributed by atoms with Gasteiger partial charge in [0.15, 0.2) is 0 Å². The van der Waals surface area contributed by atoms with Gasteiger partial charge >= 0.3 is 0 Å². The van der Waals surface area contributed by atoms with Gasteiger partial charge in [0, 0.05) is 23.2 Å². The van der Waals surface area contributed by atoms with Gasteiger partial charge in [0.2, 0.25) is 0 Å². The lowest BCUT2D eigenvalue weighted by atomic mass is 9.90. The van der Waals surface area contributed by atoms with Gasteiger partial charge in [-0.25, -0.2) is 0 Å². The SMILES string of the molecule is CN1CCCC(CN)(Nc2ccc(Br)cc2)CC1. The van der Waals surface area contributed by atoms with Crippen LogP contribution < -0.4 is 11.1 Å². The summed E-state index contributed by atoms with van der Waals surface area (Å²) in [6, 6.07) is 8.34. The Bertz CT molecular complexity index is 379. The minimum atomic E-state index is 0.0542. The fourth-order valence-electron chi connectivity index (χ4n) is 2.55. The monoisotopic (exact) mass is 311 g/mol. The number of likely N-dealkylation sites (tertiary alicyclic amines) is 1. The van der Waals surface area contributed by atoms with Gasteiger partial charge in [-0.3, -0.25) is 0 Å². The molecule has 0 aliphatic carbocycles. The van der Waals surface area contributed by atoms with Crippen LogP contribution in [0.15, 0.2) is 28.7 Å². The van der Waals surface area contributed by atoms with Crippen molar-refractivity contribution in [3.05, 3.63) is 28.7 Å². The molecule has 4 heteroatoms. The Labute approximate surface area is 118 Å². The predicted octanol–water partition coefficient (Wildman–Crippen LogP) is 2.67. The summed E-state index contributed by atoms with van der Waals surface area (Å²) in [5, 5.41) is 3.66. The van der Waals surface area contributed by atoms with Crippen molar-refractivity contribution >= 4 is 21.6 Å². The zero-order chi connectivity index (χ0) is 13.0. The lowest BCUT2D eigenvalue weighted by molar-refractivity contribution is 0.337. The molecule has 1 saturated heterocycles. The molecule has 0 spiro atoms. The zero-order valence-corrected chi connectivity index (χ0v) is 12.5. The van der Waals surface area contributed by atoms with E-state index in [1.54, 1.807) is 0 Å². The molecule has 1 aromatic rings. The van der Waals surface area contributed by atoms with E-state index in [9.17, 15) is 0 Å². The normalized spacial score (nSPS) is 25.7. The first-order chi connectivity index (χ1) is 8.63. The number of nitrogens with two attached hydrogens (primary N) is 1. The summed E-state index contributed by atoms with van der Waals surface area (Å²) in [7, 11) is 2.19. The van der Waals surface area contributed by atoms with Gasteiger partial charge in [0.25, 0.3) is 0 Å². The average molecular weight is 312 g/mol. The van der Waals surface area contributed by atoms with Crippen molar-refractivity contribution in [2.75, 3.05) is 32.0 Å². The summed E-state index contributed by atoms with van der Waals surface area (Å²) in [6.07, 6.45) is 3.46. The molecule has 0 bridgehead atoms. The van der Waals surface area contributed by atoms with Crippen LogP contribution in [0.5, 0.6) is 0 Å². The Morgan fingerprint density at radius 3 is 2.67 bits per heavy atom. The first-order valence-electron chi connectivity index (χ1n) is 6.56. The molecule has 3 nitrogen and oxygen atoms in total. The second-order valence-electron chi connectivity index (χ2n) is 5.27. The van der Waals surface area contributed by atoms with Gasteiger partial charge in [0.1, 0.15) is 0 Å². The Morgan fingerprint density at radius 1 is 1.28 bits per heavy atom. The average Bonchev–Trinajstić information content (AvgIpc) is 2.56. The molecular weight excluding hydrogens is 290 g/mol. The van der Waals surface area contributed by atoms with Crippen LogP contribution in [0, 0.1) is 0 Å². The highest BCUT2D eigenvalue weighted by molar-refractivity contribution is 9.10. The molecule has 1 aliphatic heterocycles. The van der Waals surface area contributed by atoms with E-state index in [1.165, 1.54) is 13.0 Å². The molecule has 1 atom stereocenters. The number of anilines is 1. The van der Waals surface area contributed by atoms with E-state index in [-0.39, 0.29) is 5.54 Å². The number of nitrogens with zero attached hydrogens (tertiary/aromatic N) is 1. The maximum Gasteiger partial charge on any atom is 0.0508 e. The molecule has 1 fully saturated rings. The molecule has 0 aromatic heterocycles. The highest BCUT2D eigenvalue weighted by atomic mass is 79.9. The van der Waals surface area contributed by atoms with Crippen LogP contribution in [0.25, 0.3) is 0 Å². The van der Waals surface area contributed by atoms with Gasteiger partial charge in [-0.05, 0) is 57.1 Å². The quantitative estimate of drug-likeness (QED) is 0.901. The third-order valence-corrected chi connectivity index (χ3v) is 4.34. The predicted molar refractivity (Wildman–Crippen MR) is 80.9 cm³/mol. The first kappa shape index (κ1) is 13.8. The fourth-order valence-corrected chi connectivity index (χ4v) is 2.81. The maximum absolute atomic E-state index is 6.04. The Balaban J connectivity index is 2.09. The van der Waals surface area contributed by atoms with E-state index < -0.39 is 0 Å². The zero-order valence-electron chi connectivity index (χ0n) is 11.0. The molecule has 2 rings (SSSR count). The highest BCUT2D eigenvalue weighted by Gasteiger charge is 2.30. The fraction of sp³-hybridized carbons (Fsp3) is 0.571. The first-order valence-corrected chi connectivity index (χ1v) is 7.35. The van der Waals surface area contributed by atoms with E-state index >= 15 is 0 Å². The van der Waals surface area contributed by atoms with Crippen LogP contribution in [0.3, 0.4) is 0 Å². The van der Waals surface area contributed by atoms with Crippen molar-refractivity contribution in [3.63, 3.8) is 0 Å². The van der Waals surface area contributed by atoms with Crippen LogP contribution in [0.4, 0.5) is 5.69 Å². The minimum Gasteiger partial charge on any atom is -0.378 e. The van der Waals surface area contributed by atoms with Crippen molar-refractivity contribution in [1.29, 1.82) is 0 Å². The van der Waals surface area contributed by atoms with Crippen molar-refractivity contribution in [3.8, 4) is 0 Å². The lowest BCUT2D eigenvalue weighted by Crippen LogP contribution is -2.46. The number of nitrogens with one attached hydrogen (secondary N) is 1. The minimum absolute atomic E-state index is 0.0542. The molecule has 0 saturated carbocycles. The Hall–Kier alpha value is -0.580. The van der Waals surface area contributed by atoms with E-state index in [0.717, 1.165) is 29.5 Å². The van der Waals surface area contributed by atoms with Crippen LogP contribution in [-0.4, -0.2) is 37.1 Å². The van der Waals surface area contributed by atoms with Crippen LogP contribution in [-0.2, 0) is 0 Å². The number of hydrogen-bond acceptors (Lipinski definition) is 3. The molecule has 1 aromatic carbocycles. The third kappa shape index (κ3) is 3.46. The summed E-state index contributed by atoms with van der Waals surface area (Å²) in [6.45, 7) is 2.97. The van der Waals surface area contributed by atoms with Gasteiger partial charge in [-0.1, -0.05) is 15.9 Å². The summed E-state index contributed by atoms with van der Waals surface area (Å²) in [4.78, 5) is 2.39. The molecule has 1 heterocycles. The van der Waals surface area contributed by atoms with Crippen LogP contribution >= 0.6 is 15.9 Å². The Morgan fingerprint density at radius 2 is 2.00 bits per heavy atom. The van der Waals surface area contributed by atoms with Crippen molar-refractivity contribution < 1.29 is 0 Å². The molecule has 18 heavy (non-hydrogen) atoms. The molecule has 100 valence electrons. The Kier molecular flexibility index (Phi) is 4.65. The number of rotatable bonds is 3. The van der Waals surface area contributed by atoms with Gasteiger partial charge in [0.05, 0.1) is 5.54 Å². The molecule has 0 radical (unpaired) electrons. The summed E-state index contributed by atoms with van der Waals surface area (Å²) in [5.41, 5.74) is 7.26. The van der Waals surface area contributed by atoms with Gasteiger partial charge < -0.3 is 16.0 Å². The lowest BCUT2D eigenvalue weighted by Gasteiger charge is -2.33. The molecule has 1 aliphatic rings. The summed E-state index contributed by atoms with van der Waals surface area (Å²) < 4.78 is 1.11. The van der Waals surface area contributed by atoms with Crippen LogP contribution in [0.2, 0.25) is 0 Å². The highest BCUT2D eigenvalue weighted by Crippen LogP contribution is 2.26. The van der Waals surface area contributed by atoms with E-state index in [0.29, 0.717) is 6.54 Å². The molecule has 0 amide bonds. The largest absolute Gasteiger partial charge is 0.378 e. The number of halogens is 1. The van der Waals surface area contributed by atoms with Crippen LogP contribution in [0.1, 0.15) is 19.3 Å². The standard InChI is InChI=1S/C14H22BrN3/c1-18-9-2-7-14(11-16,8-10-18)17-13-5-3-12(15)4-6-13/h3-6,17H,2,7-11,16H2,1H3. The topological polar surface area (TPSA) is 41.3 Å². The van der Waals surface area contributed by atoms with E-state index in [1.807, 2.05) is 0 Å². The van der Waals surface area contributed by atoms with Crippen molar-refractivity contribution in [1.82, 2.24) is 4.90 Å². The third-order valence-electron chi connectivity index (χ3n) is 3.81. The van der Waals surface area contributed by atoms with Gasteiger partial charge in [-0.2, -0.15) is 0 Å². The van der Waals surface area contributed by atoms with Crippen molar-refractivity contribution in [2.24, 2.45) is 5.73 Å². The molecule has 1 unspecified atom stereocenters. The second kappa shape index (κ2) is 6.04. The smallest absolute Gasteiger partial charge is 0.0508 e. The van der Waals surface area contributed by atoms with Gasteiger partial charge in [-0.15, -0.1) is 0 Å². The van der Waals surface area contributed by atoms with E-state index in [4.69, 9.17) is 5.73 Å². The number of hydrogen-bond donors (Lipinski definition) is 2. The summed E-state index contributed by atoms with van der Waals surface area (Å²) in [5.74, 6) is 0.